The van der Waals surface area contributed by atoms with E-state index in [9.17, 15) is 0 Å². The van der Waals surface area contributed by atoms with Crippen LogP contribution in [0.2, 0.25) is 0 Å². The highest BCUT2D eigenvalue weighted by Crippen LogP contribution is 2.11. The monoisotopic (exact) mass is 233 g/mol. The summed E-state index contributed by atoms with van der Waals surface area (Å²) in [6, 6.07) is 0. The van der Waals surface area contributed by atoms with Gasteiger partial charge in [0.05, 0.1) is 6.10 Å². The number of ether oxygens (including phenoxy) is 1. The second kappa shape index (κ2) is 10.8. The molecule has 0 radical (unpaired) electrons. The minimum absolute atomic E-state index is 0.367. The quantitative estimate of drug-likeness (QED) is 0.586. The van der Waals surface area contributed by atoms with Crippen LogP contribution >= 0.6 is 11.8 Å². The van der Waals surface area contributed by atoms with E-state index in [1.807, 2.05) is 0 Å². The molecule has 3 heteroatoms. The summed E-state index contributed by atoms with van der Waals surface area (Å²) in [7, 11) is 0. The Morgan fingerprint density at radius 1 is 1.20 bits per heavy atom. The van der Waals surface area contributed by atoms with E-state index in [1.54, 1.807) is 0 Å². The Hall–Kier alpha value is 0.270. The Balaban J connectivity index is 2.99. The van der Waals surface area contributed by atoms with Crippen molar-refractivity contribution in [3.05, 3.63) is 0 Å². The molecule has 0 bridgehead atoms. The third-order valence-electron chi connectivity index (χ3n) is 2.21. The second-order valence-electron chi connectivity index (χ2n) is 4.11. The molecule has 1 atom stereocenters. The fraction of sp³-hybridized carbons (Fsp3) is 1.00. The average Bonchev–Trinajstić information content (AvgIpc) is 2.21. The van der Waals surface area contributed by atoms with Crippen LogP contribution < -0.4 is 5.32 Å². The fourth-order valence-corrected chi connectivity index (χ4v) is 1.99. The molecule has 0 saturated carbocycles. The minimum Gasteiger partial charge on any atom is -0.379 e. The van der Waals surface area contributed by atoms with Gasteiger partial charge in [0, 0.05) is 24.2 Å². The van der Waals surface area contributed by atoms with E-state index >= 15 is 0 Å². The van der Waals surface area contributed by atoms with Gasteiger partial charge >= 0.3 is 0 Å². The van der Waals surface area contributed by atoms with Crippen molar-refractivity contribution in [2.45, 2.75) is 51.9 Å². The summed E-state index contributed by atoms with van der Waals surface area (Å²) in [5.74, 6) is 1.22. The zero-order valence-corrected chi connectivity index (χ0v) is 11.5. The number of thioether (sulfide) groups is 1. The summed E-state index contributed by atoms with van der Waals surface area (Å²) in [5, 5.41) is 4.24. The van der Waals surface area contributed by atoms with Crippen molar-refractivity contribution in [1.82, 2.24) is 5.32 Å². The van der Waals surface area contributed by atoms with Crippen molar-refractivity contribution in [1.29, 1.82) is 0 Å². The van der Waals surface area contributed by atoms with Crippen LogP contribution in [-0.4, -0.2) is 36.8 Å². The van der Waals surface area contributed by atoms with Crippen LogP contribution in [0.4, 0.5) is 0 Å². The van der Waals surface area contributed by atoms with E-state index in [2.05, 4.69) is 44.8 Å². The van der Waals surface area contributed by atoms with Crippen LogP contribution in [0.3, 0.4) is 0 Å². The van der Waals surface area contributed by atoms with Crippen molar-refractivity contribution in [2.75, 3.05) is 25.4 Å². The van der Waals surface area contributed by atoms with E-state index < -0.39 is 0 Å². The van der Waals surface area contributed by atoms with Gasteiger partial charge in [-0.2, -0.15) is 11.8 Å². The van der Waals surface area contributed by atoms with E-state index in [-0.39, 0.29) is 0 Å². The molecule has 0 aromatic rings. The highest BCUT2D eigenvalue weighted by atomic mass is 32.2. The average molecular weight is 233 g/mol. The molecular weight excluding hydrogens is 206 g/mol. The first-order valence-corrected chi connectivity index (χ1v) is 7.15. The first-order valence-electron chi connectivity index (χ1n) is 6.10. The first kappa shape index (κ1) is 15.3. The van der Waals surface area contributed by atoms with Crippen molar-refractivity contribution in [2.24, 2.45) is 0 Å². The van der Waals surface area contributed by atoms with E-state index in [4.69, 9.17) is 4.74 Å². The zero-order chi connectivity index (χ0) is 11.5. The smallest absolute Gasteiger partial charge is 0.0518 e. The molecule has 0 amide bonds. The van der Waals surface area contributed by atoms with Gasteiger partial charge in [-0.3, -0.25) is 0 Å². The lowest BCUT2D eigenvalue weighted by atomic mass is 10.4. The summed E-state index contributed by atoms with van der Waals surface area (Å²) in [6.07, 6.45) is 2.75. The van der Waals surface area contributed by atoms with Gasteiger partial charge in [-0.05, 0) is 33.2 Å². The van der Waals surface area contributed by atoms with Crippen molar-refractivity contribution in [3.63, 3.8) is 0 Å². The molecule has 1 N–H and O–H groups in total. The first-order chi connectivity index (χ1) is 7.16. The van der Waals surface area contributed by atoms with E-state index in [1.165, 1.54) is 12.2 Å². The summed E-state index contributed by atoms with van der Waals surface area (Å²) >= 11 is 2.05. The Morgan fingerprint density at radius 2 is 1.93 bits per heavy atom. The molecule has 0 aromatic carbocycles. The molecule has 0 heterocycles. The maximum Gasteiger partial charge on any atom is 0.0518 e. The van der Waals surface area contributed by atoms with Crippen molar-refractivity contribution < 1.29 is 4.74 Å². The van der Waals surface area contributed by atoms with Gasteiger partial charge in [0.25, 0.3) is 0 Å². The van der Waals surface area contributed by atoms with Crippen LogP contribution in [0.1, 0.15) is 40.5 Å². The summed E-state index contributed by atoms with van der Waals surface area (Å²) in [6.45, 7) is 11.8. The van der Waals surface area contributed by atoms with Crippen LogP contribution in [-0.2, 0) is 4.74 Å². The Bertz CT molecular complexity index is 131. The number of rotatable bonds is 10. The SMILES string of the molecule is CCC(C)SCCNCCCOC(C)C. The lowest BCUT2D eigenvalue weighted by Gasteiger charge is -2.09. The normalized spacial score (nSPS) is 13.4. The molecular formula is C12H27NOS. The zero-order valence-electron chi connectivity index (χ0n) is 10.7. The summed E-state index contributed by atoms with van der Waals surface area (Å²) < 4.78 is 5.46. The van der Waals surface area contributed by atoms with E-state index in [0.29, 0.717) is 6.10 Å². The number of nitrogens with one attached hydrogen (secondary N) is 1. The van der Waals surface area contributed by atoms with E-state index in [0.717, 1.165) is 31.4 Å². The van der Waals surface area contributed by atoms with Gasteiger partial charge < -0.3 is 10.1 Å². The van der Waals surface area contributed by atoms with Crippen LogP contribution in [0.15, 0.2) is 0 Å². The molecule has 0 aliphatic carbocycles. The molecule has 1 unspecified atom stereocenters. The third kappa shape index (κ3) is 12.2. The molecule has 0 aliphatic heterocycles. The minimum atomic E-state index is 0.367. The van der Waals surface area contributed by atoms with Crippen molar-refractivity contribution in [3.8, 4) is 0 Å². The summed E-state index contributed by atoms with van der Waals surface area (Å²) in [4.78, 5) is 0. The molecule has 0 aromatic heterocycles. The van der Waals surface area contributed by atoms with Gasteiger partial charge in [-0.1, -0.05) is 13.8 Å². The molecule has 92 valence electrons. The van der Waals surface area contributed by atoms with Gasteiger partial charge in [0.15, 0.2) is 0 Å². The molecule has 15 heavy (non-hydrogen) atoms. The molecule has 2 nitrogen and oxygen atoms in total. The Labute approximate surface area is 99.5 Å². The molecule has 0 spiro atoms. The molecule has 0 aliphatic rings. The molecule has 0 fully saturated rings. The Morgan fingerprint density at radius 3 is 2.53 bits per heavy atom. The largest absolute Gasteiger partial charge is 0.379 e. The maximum absolute atomic E-state index is 5.46. The fourth-order valence-electron chi connectivity index (χ4n) is 1.09. The second-order valence-corrected chi connectivity index (χ2v) is 5.66. The predicted octanol–water partition coefficient (Wildman–Crippen LogP) is 2.92. The lowest BCUT2D eigenvalue weighted by molar-refractivity contribution is 0.0772. The third-order valence-corrected chi connectivity index (χ3v) is 3.55. The topological polar surface area (TPSA) is 21.3 Å². The predicted molar refractivity (Wildman–Crippen MR) is 70.8 cm³/mol. The number of hydrogen-bond acceptors (Lipinski definition) is 3. The standard InChI is InChI=1S/C12H27NOS/c1-5-12(4)15-10-8-13-7-6-9-14-11(2)3/h11-13H,5-10H2,1-4H3. The maximum atomic E-state index is 5.46. The van der Waals surface area contributed by atoms with Gasteiger partial charge in [-0.15, -0.1) is 0 Å². The lowest BCUT2D eigenvalue weighted by Crippen LogP contribution is -2.21. The van der Waals surface area contributed by atoms with Gasteiger partial charge in [-0.25, -0.2) is 0 Å². The number of hydrogen-bond donors (Lipinski definition) is 1. The van der Waals surface area contributed by atoms with Gasteiger partial charge in [0.2, 0.25) is 0 Å². The highest BCUT2D eigenvalue weighted by Gasteiger charge is 1.97. The summed E-state index contributed by atoms with van der Waals surface area (Å²) in [5.41, 5.74) is 0. The van der Waals surface area contributed by atoms with Gasteiger partial charge in [0.1, 0.15) is 0 Å². The van der Waals surface area contributed by atoms with Crippen LogP contribution in [0, 0.1) is 0 Å². The molecule has 0 rings (SSSR count). The highest BCUT2D eigenvalue weighted by molar-refractivity contribution is 7.99. The molecule has 0 saturated heterocycles. The van der Waals surface area contributed by atoms with Crippen molar-refractivity contribution >= 4 is 11.8 Å². The Kier molecular flexibility index (Phi) is 11.0. The van der Waals surface area contributed by atoms with Crippen LogP contribution in [0.25, 0.3) is 0 Å². The van der Waals surface area contributed by atoms with Crippen LogP contribution in [0.5, 0.6) is 0 Å².